The molecule has 0 radical (unpaired) electrons. The number of rotatable bonds is 4. The van der Waals surface area contributed by atoms with Crippen LogP contribution in [0.2, 0.25) is 0 Å². The largest absolute Gasteiger partial charge is 0.481 e. The highest BCUT2D eigenvalue weighted by Crippen LogP contribution is 2.15. The van der Waals surface area contributed by atoms with Crippen molar-refractivity contribution in [2.45, 2.75) is 13.3 Å². The molecule has 0 amide bonds. The van der Waals surface area contributed by atoms with E-state index in [2.05, 4.69) is 0 Å². The first-order valence-corrected chi connectivity index (χ1v) is 4.91. The number of carboxylic acids is 1. The number of aliphatic carboxylic acids is 1. The first-order chi connectivity index (χ1) is 7.95. The molecule has 1 atom stereocenters. The molecule has 0 heterocycles. The molecule has 1 aromatic carbocycles. The maximum atomic E-state index is 13.0. The maximum absolute atomic E-state index is 13.0. The quantitative estimate of drug-likeness (QED) is 0.809. The van der Waals surface area contributed by atoms with Crippen LogP contribution in [0.1, 0.15) is 29.3 Å². The lowest BCUT2D eigenvalue weighted by Gasteiger charge is -2.07. The minimum absolute atomic E-state index is 0.150. The van der Waals surface area contributed by atoms with Crippen LogP contribution in [0.5, 0.6) is 0 Å². The zero-order valence-corrected chi connectivity index (χ0v) is 9.11. The second-order valence-electron chi connectivity index (χ2n) is 3.67. The van der Waals surface area contributed by atoms with Gasteiger partial charge in [-0.25, -0.2) is 4.39 Å². The fraction of sp³-hybridized carbons (Fsp3) is 0.250. The average Bonchev–Trinajstić information content (AvgIpc) is 2.27. The lowest BCUT2D eigenvalue weighted by atomic mass is 9.95. The van der Waals surface area contributed by atoms with Crippen molar-refractivity contribution in [3.05, 3.63) is 35.1 Å². The minimum Gasteiger partial charge on any atom is -0.481 e. The van der Waals surface area contributed by atoms with Crippen LogP contribution in [0.3, 0.4) is 0 Å². The van der Waals surface area contributed by atoms with E-state index in [0.717, 1.165) is 12.1 Å². The molecule has 1 unspecified atom stereocenters. The van der Waals surface area contributed by atoms with Crippen LogP contribution in [0, 0.1) is 23.1 Å². The summed E-state index contributed by atoms with van der Waals surface area (Å²) in [6, 6.07) is 5.04. The van der Waals surface area contributed by atoms with E-state index in [-0.39, 0.29) is 17.5 Å². The molecule has 0 aromatic heterocycles. The molecule has 4 nitrogen and oxygen atoms in total. The monoisotopic (exact) mass is 235 g/mol. The van der Waals surface area contributed by atoms with E-state index in [1.165, 1.54) is 13.0 Å². The molecule has 88 valence electrons. The third kappa shape index (κ3) is 3.11. The number of nitriles is 1. The second kappa shape index (κ2) is 5.21. The number of benzene rings is 1. The number of nitrogens with zero attached hydrogens (tertiary/aromatic N) is 1. The van der Waals surface area contributed by atoms with E-state index in [0.29, 0.717) is 0 Å². The van der Waals surface area contributed by atoms with Crippen LogP contribution in [0.15, 0.2) is 18.2 Å². The van der Waals surface area contributed by atoms with Gasteiger partial charge in [0.05, 0.1) is 12.0 Å². The Morgan fingerprint density at radius 2 is 2.18 bits per heavy atom. The molecule has 0 aliphatic carbocycles. The van der Waals surface area contributed by atoms with Crippen LogP contribution < -0.4 is 0 Å². The molecule has 0 fully saturated rings. The molecule has 0 aliphatic heterocycles. The predicted octanol–water partition coefficient (Wildman–Crippen LogP) is 1.99. The summed E-state index contributed by atoms with van der Waals surface area (Å²) in [6.07, 6.45) is -0.294. The van der Waals surface area contributed by atoms with Gasteiger partial charge in [0.15, 0.2) is 5.78 Å². The smallest absolute Gasteiger partial charge is 0.304 e. The summed E-state index contributed by atoms with van der Waals surface area (Å²) in [5, 5.41) is 17.2. The lowest BCUT2D eigenvalue weighted by molar-refractivity contribution is -0.137. The topological polar surface area (TPSA) is 78.2 Å². The van der Waals surface area contributed by atoms with Gasteiger partial charge in [-0.1, -0.05) is 6.92 Å². The van der Waals surface area contributed by atoms with Gasteiger partial charge in [-0.05, 0) is 18.2 Å². The van der Waals surface area contributed by atoms with Crippen molar-refractivity contribution in [3.63, 3.8) is 0 Å². The van der Waals surface area contributed by atoms with Gasteiger partial charge in [0.25, 0.3) is 0 Å². The molecule has 1 N–H and O–H groups in total. The summed E-state index contributed by atoms with van der Waals surface area (Å²) in [5.41, 5.74) is -0.0740. The van der Waals surface area contributed by atoms with Crippen LogP contribution in [0.25, 0.3) is 0 Å². The number of carbonyl (C=O) groups is 2. The first-order valence-electron chi connectivity index (χ1n) is 4.91. The number of carbonyl (C=O) groups excluding carboxylic acids is 1. The Morgan fingerprint density at radius 1 is 1.53 bits per heavy atom. The Labute approximate surface area is 97.3 Å². The highest BCUT2D eigenvalue weighted by atomic mass is 19.1. The van der Waals surface area contributed by atoms with Crippen LogP contribution in [-0.2, 0) is 4.79 Å². The van der Waals surface area contributed by atoms with Gasteiger partial charge in [0.2, 0.25) is 0 Å². The Bertz CT molecular complexity index is 505. The molecule has 0 spiro atoms. The van der Waals surface area contributed by atoms with Gasteiger partial charge in [0, 0.05) is 11.5 Å². The molecule has 0 aliphatic rings. The van der Waals surface area contributed by atoms with E-state index in [9.17, 15) is 14.0 Å². The molecular weight excluding hydrogens is 225 g/mol. The Balaban J connectivity index is 2.97. The van der Waals surface area contributed by atoms with E-state index in [1.807, 2.05) is 0 Å². The van der Waals surface area contributed by atoms with Gasteiger partial charge < -0.3 is 5.11 Å². The highest BCUT2D eigenvalue weighted by Gasteiger charge is 2.19. The molecule has 0 saturated carbocycles. The van der Waals surface area contributed by atoms with Crippen molar-refractivity contribution in [1.29, 1.82) is 5.26 Å². The SMILES string of the molecule is CC(CC(=O)O)C(=O)c1ccc(F)c(C#N)c1. The zero-order valence-electron chi connectivity index (χ0n) is 9.11. The molecule has 0 saturated heterocycles. The van der Waals surface area contributed by atoms with Gasteiger partial charge >= 0.3 is 5.97 Å². The lowest BCUT2D eigenvalue weighted by Crippen LogP contribution is -2.15. The Hall–Kier alpha value is -2.22. The third-order valence-corrected chi connectivity index (χ3v) is 2.30. The Kier molecular flexibility index (Phi) is 3.94. The van der Waals surface area contributed by atoms with Gasteiger partial charge in [-0.2, -0.15) is 5.26 Å². The number of carboxylic acid groups (broad SMARTS) is 1. The molecule has 1 aromatic rings. The normalized spacial score (nSPS) is 11.6. The molecule has 1 rings (SSSR count). The molecular formula is C12H10FNO3. The molecule has 5 heteroatoms. The van der Waals surface area contributed by atoms with Crippen molar-refractivity contribution < 1.29 is 19.1 Å². The van der Waals surface area contributed by atoms with Crippen LogP contribution >= 0.6 is 0 Å². The van der Waals surface area contributed by atoms with E-state index >= 15 is 0 Å². The number of hydrogen-bond acceptors (Lipinski definition) is 3. The summed E-state index contributed by atoms with van der Waals surface area (Å²) in [5.74, 6) is -2.89. The van der Waals surface area contributed by atoms with Crippen molar-refractivity contribution in [1.82, 2.24) is 0 Å². The number of halogens is 1. The van der Waals surface area contributed by atoms with Crippen molar-refractivity contribution >= 4 is 11.8 Å². The van der Waals surface area contributed by atoms with E-state index < -0.39 is 23.5 Å². The number of hydrogen-bond donors (Lipinski definition) is 1. The first kappa shape index (κ1) is 12.8. The van der Waals surface area contributed by atoms with Gasteiger partial charge in [-0.15, -0.1) is 0 Å². The number of ketones is 1. The fourth-order valence-corrected chi connectivity index (χ4v) is 1.40. The summed E-state index contributed by atoms with van der Waals surface area (Å²) in [7, 11) is 0. The summed E-state index contributed by atoms with van der Waals surface area (Å²) >= 11 is 0. The maximum Gasteiger partial charge on any atom is 0.304 e. The fourth-order valence-electron chi connectivity index (χ4n) is 1.40. The minimum atomic E-state index is -1.08. The highest BCUT2D eigenvalue weighted by molar-refractivity contribution is 5.99. The zero-order chi connectivity index (χ0) is 13.0. The number of Topliss-reactive ketones (excluding diaryl/α,β-unsaturated/α-hetero) is 1. The molecule has 17 heavy (non-hydrogen) atoms. The summed E-state index contributed by atoms with van der Waals surface area (Å²) < 4.78 is 13.0. The predicted molar refractivity (Wildman–Crippen MR) is 56.9 cm³/mol. The van der Waals surface area contributed by atoms with Crippen molar-refractivity contribution in [3.8, 4) is 6.07 Å². The van der Waals surface area contributed by atoms with E-state index in [4.69, 9.17) is 10.4 Å². The van der Waals surface area contributed by atoms with Crippen LogP contribution in [-0.4, -0.2) is 16.9 Å². The Morgan fingerprint density at radius 3 is 2.71 bits per heavy atom. The van der Waals surface area contributed by atoms with Crippen molar-refractivity contribution in [2.75, 3.05) is 0 Å². The van der Waals surface area contributed by atoms with Gasteiger partial charge in [-0.3, -0.25) is 9.59 Å². The summed E-state index contributed by atoms with van der Waals surface area (Å²) in [6.45, 7) is 1.48. The van der Waals surface area contributed by atoms with Gasteiger partial charge in [0.1, 0.15) is 11.9 Å². The summed E-state index contributed by atoms with van der Waals surface area (Å²) in [4.78, 5) is 22.2. The van der Waals surface area contributed by atoms with E-state index in [1.54, 1.807) is 6.07 Å². The molecule has 0 bridgehead atoms. The van der Waals surface area contributed by atoms with Crippen LogP contribution in [0.4, 0.5) is 4.39 Å². The standard InChI is InChI=1S/C12H10FNO3/c1-7(4-11(15)16)12(17)8-2-3-10(13)9(5-8)6-14/h2-3,5,7H,4H2,1H3,(H,15,16). The average molecular weight is 235 g/mol. The second-order valence-corrected chi connectivity index (χ2v) is 3.67. The van der Waals surface area contributed by atoms with Crippen molar-refractivity contribution in [2.24, 2.45) is 5.92 Å². The third-order valence-electron chi connectivity index (χ3n) is 2.30.